The molecule has 0 aliphatic heterocycles. The Morgan fingerprint density at radius 3 is 1.87 bits per heavy atom. The zero-order chi connectivity index (χ0) is 11.9. The first kappa shape index (κ1) is 13.9. The Hall–Kier alpha value is -1.12. The van der Waals surface area contributed by atoms with Crippen LogP contribution in [-0.2, 0) is 0 Å². The summed E-state index contributed by atoms with van der Waals surface area (Å²) in [6, 6.07) is 10.2. The molecule has 84 valence electrons. The molecule has 0 heterocycles. The number of hydrogen-bond acceptors (Lipinski definition) is 2. The Morgan fingerprint density at radius 2 is 1.67 bits per heavy atom. The highest BCUT2D eigenvalue weighted by Crippen LogP contribution is 2.08. The number of rotatable bonds is 2. The molecule has 0 unspecified atom stereocenters. The van der Waals surface area contributed by atoms with Crippen LogP contribution in [0, 0.1) is 0 Å². The largest absolute Gasteiger partial charge is 0.366 e. The van der Waals surface area contributed by atoms with Crippen LogP contribution in [0.4, 0.5) is 0 Å². The quantitative estimate of drug-likeness (QED) is 0.734. The lowest BCUT2D eigenvalue weighted by atomic mass is 10.1. The highest BCUT2D eigenvalue weighted by atomic mass is 16.5. The molecule has 0 fully saturated rings. The van der Waals surface area contributed by atoms with Gasteiger partial charge in [-0.25, -0.2) is 0 Å². The van der Waals surface area contributed by atoms with E-state index < -0.39 is 5.79 Å². The number of aliphatic hydroxyl groups is 2. The smallest absolute Gasteiger partial charge is 0.159 e. The van der Waals surface area contributed by atoms with E-state index >= 15 is 0 Å². The molecule has 1 aromatic rings. The van der Waals surface area contributed by atoms with Crippen LogP contribution in [0.1, 0.15) is 32.8 Å². The van der Waals surface area contributed by atoms with E-state index in [4.69, 9.17) is 10.2 Å². The van der Waals surface area contributed by atoms with Gasteiger partial charge in [0.2, 0.25) is 0 Å². The average molecular weight is 208 g/mol. The van der Waals surface area contributed by atoms with Crippen molar-refractivity contribution < 1.29 is 10.2 Å². The first-order valence-corrected chi connectivity index (χ1v) is 5.02. The van der Waals surface area contributed by atoms with Crippen molar-refractivity contribution in [3.8, 4) is 0 Å². The van der Waals surface area contributed by atoms with E-state index in [1.54, 1.807) is 6.92 Å². The van der Waals surface area contributed by atoms with Crippen LogP contribution in [0.15, 0.2) is 36.9 Å². The molecular weight excluding hydrogens is 188 g/mol. The topological polar surface area (TPSA) is 40.5 Å². The Kier molecular flexibility index (Phi) is 5.90. The van der Waals surface area contributed by atoms with Gasteiger partial charge in [-0.3, -0.25) is 0 Å². The fourth-order valence-electron chi connectivity index (χ4n) is 0.723. The van der Waals surface area contributed by atoms with Crippen LogP contribution in [0.3, 0.4) is 0 Å². The van der Waals surface area contributed by atoms with Crippen molar-refractivity contribution in [3.63, 3.8) is 0 Å². The molecule has 0 aliphatic rings. The lowest BCUT2D eigenvalue weighted by molar-refractivity contribution is -0.145. The van der Waals surface area contributed by atoms with E-state index in [9.17, 15) is 0 Å². The summed E-state index contributed by atoms with van der Waals surface area (Å²) < 4.78 is 0. The van der Waals surface area contributed by atoms with Gasteiger partial charge in [0.25, 0.3) is 0 Å². The summed E-state index contributed by atoms with van der Waals surface area (Å²) in [6.07, 6.45) is 0.382. The Bertz CT molecular complexity index is 283. The number of allylic oxidation sites excluding steroid dienone is 1. The van der Waals surface area contributed by atoms with Gasteiger partial charge < -0.3 is 10.2 Å². The van der Waals surface area contributed by atoms with Crippen molar-refractivity contribution in [2.24, 2.45) is 0 Å². The fourth-order valence-corrected chi connectivity index (χ4v) is 0.723. The molecule has 0 radical (unpaired) electrons. The predicted octanol–water partition coefficient (Wildman–Crippen LogP) is 2.82. The summed E-state index contributed by atoms with van der Waals surface area (Å²) in [5.74, 6) is -1.46. The molecule has 15 heavy (non-hydrogen) atoms. The second-order valence-corrected chi connectivity index (χ2v) is 3.72. The maximum atomic E-state index is 8.38. The second kappa shape index (κ2) is 6.38. The van der Waals surface area contributed by atoms with Crippen molar-refractivity contribution >= 4 is 5.57 Å². The van der Waals surface area contributed by atoms with Gasteiger partial charge in [0.05, 0.1) is 0 Å². The zero-order valence-corrected chi connectivity index (χ0v) is 9.70. The van der Waals surface area contributed by atoms with E-state index in [1.165, 1.54) is 12.5 Å². The molecule has 2 heteroatoms. The molecule has 0 saturated heterocycles. The lowest BCUT2D eigenvalue weighted by Gasteiger charge is -2.10. The van der Waals surface area contributed by atoms with Gasteiger partial charge in [-0.1, -0.05) is 49.4 Å². The first-order valence-electron chi connectivity index (χ1n) is 5.02. The number of hydrogen-bond donors (Lipinski definition) is 2. The van der Waals surface area contributed by atoms with Crippen LogP contribution < -0.4 is 0 Å². The highest BCUT2D eigenvalue weighted by Gasteiger charge is 2.08. The van der Waals surface area contributed by atoms with Crippen molar-refractivity contribution in [2.75, 3.05) is 0 Å². The standard InChI is InChI=1S/C9H10.C4H10O2/c1-8(2)9-6-4-3-5-7-9;1-3-4(2,5)6/h3-7H,1H2,2H3;5-6H,3H2,1-2H3. The summed E-state index contributed by atoms with van der Waals surface area (Å²) >= 11 is 0. The Morgan fingerprint density at radius 1 is 1.27 bits per heavy atom. The summed E-state index contributed by atoms with van der Waals surface area (Å²) in [5, 5.41) is 16.8. The minimum Gasteiger partial charge on any atom is -0.366 e. The SMILES string of the molecule is C=C(C)c1ccccc1.CCC(C)(O)O. The van der Waals surface area contributed by atoms with E-state index in [1.807, 2.05) is 25.1 Å². The van der Waals surface area contributed by atoms with Gasteiger partial charge in [0.15, 0.2) is 5.79 Å². The Labute approximate surface area is 91.9 Å². The maximum Gasteiger partial charge on any atom is 0.159 e. The van der Waals surface area contributed by atoms with Gasteiger partial charge in [-0.15, -0.1) is 0 Å². The van der Waals surface area contributed by atoms with Crippen LogP contribution in [-0.4, -0.2) is 16.0 Å². The van der Waals surface area contributed by atoms with Crippen LogP contribution in [0.25, 0.3) is 5.57 Å². The molecule has 0 bridgehead atoms. The van der Waals surface area contributed by atoms with Crippen molar-refractivity contribution in [2.45, 2.75) is 33.0 Å². The second-order valence-electron chi connectivity index (χ2n) is 3.72. The molecule has 0 saturated carbocycles. The zero-order valence-electron chi connectivity index (χ0n) is 9.70. The van der Waals surface area contributed by atoms with E-state index in [0.29, 0.717) is 6.42 Å². The van der Waals surface area contributed by atoms with E-state index in [2.05, 4.69) is 18.7 Å². The first-order chi connectivity index (χ1) is 6.87. The molecule has 0 spiro atoms. The summed E-state index contributed by atoms with van der Waals surface area (Å²) in [6.45, 7) is 8.90. The molecule has 0 aliphatic carbocycles. The molecular formula is C13H20O2. The van der Waals surface area contributed by atoms with Gasteiger partial charge in [-0.05, 0) is 25.8 Å². The molecule has 2 N–H and O–H groups in total. The third-order valence-corrected chi connectivity index (χ3v) is 1.94. The van der Waals surface area contributed by atoms with Crippen LogP contribution in [0.5, 0.6) is 0 Å². The minimum absolute atomic E-state index is 0.382. The summed E-state index contributed by atoms with van der Waals surface area (Å²) in [4.78, 5) is 0. The monoisotopic (exact) mass is 208 g/mol. The molecule has 0 amide bonds. The van der Waals surface area contributed by atoms with Gasteiger partial charge >= 0.3 is 0 Å². The van der Waals surface area contributed by atoms with Crippen molar-refractivity contribution in [1.82, 2.24) is 0 Å². The van der Waals surface area contributed by atoms with Crippen LogP contribution in [0.2, 0.25) is 0 Å². The van der Waals surface area contributed by atoms with Gasteiger partial charge in [0.1, 0.15) is 0 Å². The maximum absolute atomic E-state index is 8.38. The van der Waals surface area contributed by atoms with Crippen LogP contribution >= 0.6 is 0 Å². The molecule has 2 nitrogen and oxygen atoms in total. The molecule has 0 aromatic heterocycles. The van der Waals surface area contributed by atoms with Crippen molar-refractivity contribution in [3.05, 3.63) is 42.5 Å². The third kappa shape index (κ3) is 7.91. The van der Waals surface area contributed by atoms with E-state index in [-0.39, 0.29) is 0 Å². The van der Waals surface area contributed by atoms with Crippen molar-refractivity contribution in [1.29, 1.82) is 0 Å². The van der Waals surface area contributed by atoms with E-state index in [0.717, 1.165) is 5.57 Å². The lowest BCUT2D eigenvalue weighted by Crippen LogP contribution is -2.20. The van der Waals surface area contributed by atoms with Gasteiger partial charge in [-0.2, -0.15) is 0 Å². The normalized spacial score (nSPS) is 10.2. The molecule has 0 atom stereocenters. The Balaban J connectivity index is 0.000000288. The minimum atomic E-state index is -1.46. The summed E-state index contributed by atoms with van der Waals surface area (Å²) in [7, 11) is 0. The predicted molar refractivity (Wildman–Crippen MR) is 64.3 cm³/mol. The molecule has 1 rings (SSSR count). The summed E-state index contributed by atoms with van der Waals surface area (Å²) in [5.41, 5.74) is 2.34. The average Bonchev–Trinajstić information content (AvgIpc) is 2.19. The van der Waals surface area contributed by atoms with Gasteiger partial charge in [0, 0.05) is 0 Å². The molecule has 1 aromatic carbocycles. The highest BCUT2D eigenvalue weighted by molar-refractivity contribution is 5.60. The third-order valence-electron chi connectivity index (χ3n) is 1.94. The number of benzene rings is 1. The fraction of sp³-hybridized carbons (Fsp3) is 0.385.